The van der Waals surface area contributed by atoms with Crippen molar-refractivity contribution in [2.45, 2.75) is 17.3 Å². The van der Waals surface area contributed by atoms with Crippen LogP contribution in [0.3, 0.4) is 0 Å². The van der Waals surface area contributed by atoms with E-state index in [1.54, 1.807) is 4.90 Å². The summed E-state index contributed by atoms with van der Waals surface area (Å²) in [5.41, 5.74) is 1.76. The number of hydrogen-bond acceptors (Lipinski definition) is 2. The molecule has 1 heterocycles. The van der Waals surface area contributed by atoms with Gasteiger partial charge in [0.1, 0.15) is 12.4 Å². The summed E-state index contributed by atoms with van der Waals surface area (Å²) >= 11 is 5.70. The van der Waals surface area contributed by atoms with Crippen LogP contribution in [0.4, 0.5) is 0 Å². The third-order valence-electron chi connectivity index (χ3n) is 3.09. The molecule has 113 valence electrons. The molecule has 0 saturated heterocycles. The molecule has 0 spiro atoms. The normalized spacial score (nSPS) is 17.4. The van der Waals surface area contributed by atoms with Gasteiger partial charge in [-0.05, 0) is 19.1 Å². The minimum absolute atomic E-state index is 0. The molecular formula is C16H14BrINO2Y-. The van der Waals surface area contributed by atoms with Gasteiger partial charge in [0.15, 0.2) is 0 Å². The number of alkyl halides is 1. The van der Waals surface area contributed by atoms with Crippen molar-refractivity contribution in [1.82, 2.24) is 4.90 Å². The topological polar surface area (TPSA) is 29.5 Å². The van der Waals surface area contributed by atoms with Crippen molar-refractivity contribution in [3.63, 3.8) is 0 Å². The Labute approximate surface area is 178 Å². The number of rotatable bonds is 4. The Balaban J connectivity index is 0.00000242. The minimum Gasteiger partial charge on any atom is -0.481 e. The van der Waals surface area contributed by atoms with E-state index < -0.39 is 0 Å². The summed E-state index contributed by atoms with van der Waals surface area (Å²) in [6.45, 7) is 2.83. The Hall–Kier alpha value is 0.104. The van der Waals surface area contributed by atoms with Crippen LogP contribution in [-0.4, -0.2) is 27.9 Å². The summed E-state index contributed by atoms with van der Waals surface area (Å²) in [7, 11) is 0. The van der Waals surface area contributed by atoms with Gasteiger partial charge in [0.25, 0.3) is 0 Å². The fourth-order valence-corrected chi connectivity index (χ4v) is 3.21. The third-order valence-corrected chi connectivity index (χ3v) is 4.72. The average Bonchev–Trinajstić information content (AvgIpc) is 2.48. The largest absolute Gasteiger partial charge is 0.481 e. The number of benzene rings is 1. The SMILES string of the molecule is C#CCOc1ccc(C2=[C-]CC(I)C(=O)N2CC)c(Br)c1.[Y]. The Morgan fingerprint density at radius 2 is 2.32 bits per heavy atom. The first-order valence-corrected chi connectivity index (χ1v) is 8.54. The number of terminal acetylenes is 1. The molecule has 1 aliphatic rings. The zero-order chi connectivity index (χ0) is 15.4. The van der Waals surface area contributed by atoms with Crippen molar-refractivity contribution in [1.29, 1.82) is 0 Å². The van der Waals surface area contributed by atoms with Gasteiger partial charge in [-0.25, -0.2) is 6.08 Å². The Morgan fingerprint density at radius 1 is 1.59 bits per heavy atom. The van der Waals surface area contributed by atoms with Gasteiger partial charge in [-0.3, -0.25) is 4.79 Å². The van der Waals surface area contributed by atoms with E-state index in [1.807, 2.05) is 25.1 Å². The van der Waals surface area contributed by atoms with Crippen molar-refractivity contribution in [2.75, 3.05) is 13.2 Å². The summed E-state index contributed by atoms with van der Waals surface area (Å²) < 4.78 is 6.21. The van der Waals surface area contributed by atoms with E-state index in [0.717, 1.165) is 15.7 Å². The van der Waals surface area contributed by atoms with Crippen LogP contribution in [0.5, 0.6) is 5.75 Å². The summed E-state index contributed by atoms with van der Waals surface area (Å²) in [6.07, 6.45) is 9.14. The van der Waals surface area contributed by atoms with E-state index >= 15 is 0 Å². The third kappa shape index (κ3) is 4.56. The maximum Gasteiger partial charge on any atom is 0.235 e. The molecule has 3 nitrogen and oxygen atoms in total. The average molecular weight is 548 g/mol. The molecule has 1 aromatic carbocycles. The van der Waals surface area contributed by atoms with Gasteiger partial charge in [0.2, 0.25) is 5.91 Å². The van der Waals surface area contributed by atoms with Crippen LogP contribution in [-0.2, 0) is 37.5 Å². The number of allylic oxidation sites excluding steroid dienone is 1. The summed E-state index contributed by atoms with van der Waals surface area (Å²) in [5.74, 6) is 3.26. The molecule has 1 radical (unpaired) electrons. The molecule has 0 N–H and O–H groups in total. The standard InChI is InChI=1S/C16H14BrINO2.Y/c1-3-9-21-11-5-6-12(13(17)10-11)15-8-7-14(18)16(20)19(15)4-2;/h1,5-6,10,14H,4,7,9H2,2H3;/q-1;. The van der Waals surface area contributed by atoms with E-state index in [0.29, 0.717) is 18.7 Å². The van der Waals surface area contributed by atoms with Crippen LogP contribution in [0.25, 0.3) is 5.70 Å². The molecule has 1 aromatic rings. The molecule has 22 heavy (non-hydrogen) atoms. The van der Waals surface area contributed by atoms with Crippen LogP contribution >= 0.6 is 38.5 Å². The van der Waals surface area contributed by atoms with Crippen molar-refractivity contribution < 1.29 is 42.2 Å². The van der Waals surface area contributed by atoms with Crippen molar-refractivity contribution in [3.05, 3.63) is 34.3 Å². The maximum atomic E-state index is 12.3. The first-order chi connectivity index (χ1) is 10.1. The predicted molar refractivity (Wildman–Crippen MR) is 94.9 cm³/mol. The zero-order valence-electron chi connectivity index (χ0n) is 12.1. The van der Waals surface area contributed by atoms with Crippen LogP contribution < -0.4 is 4.74 Å². The molecule has 1 unspecified atom stereocenters. The van der Waals surface area contributed by atoms with E-state index in [1.165, 1.54) is 0 Å². The minimum atomic E-state index is -0.0386. The number of amides is 1. The number of nitrogens with zero attached hydrogens (tertiary/aromatic N) is 1. The van der Waals surface area contributed by atoms with Crippen molar-refractivity contribution in [2.24, 2.45) is 0 Å². The number of hydrogen-bond donors (Lipinski definition) is 0. The molecular weight excluding hydrogens is 534 g/mol. The fraction of sp³-hybridized carbons (Fsp3) is 0.312. The van der Waals surface area contributed by atoms with Gasteiger partial charge < -0.3 is 9.64 Å². The molecule has 0 fully saturated rings. The molecule has 1 amide bonds. The number of carbonyl (C=O) groups is 1. The second-order valence-corrected chi connectivity index (χ2v) is 6.77. The van der Waals surface area contributed by atoms with Crippen LogP contribution in [0.2, 0.25) is 0 Å². The second kappa shape index (κ2) is 9.41. The molecule has 1 aliphatic heterocycles. The van der Waals surface area contributed by atoms with Crippen molar-refractivity contribution in [3.8, 4) is 18.1 Å². The Morgan fingerprint density at radius 3 is 2.91 bits per heavy atom. The second-order valence-electron chi connectivity index (χ2n) is 4.41. The predicted octanol–water partition coefficient (Wildman–Crippen LogP) is 3.66. The number of carbonyl (C=O) groups excluding carboxylic acids is 1. The zero-order valence-corrected chi connectivity index (χ0v) is 18.7. The van der Waals surface area contributed by atoms with E-state index in [2.05, 4.69) is 50.5 Å². The van der Waals surface area contributed by atoms with Gasteiger partial charge in [-0.15, -0.1) is 23.8 Å². The van der Waals surface area contributed by atoms with Gasteiger partial charge in [-0.1, -0.05) is 55.3 Å². The smallest absolute Gasteiger partial charge is 0.235 e. The molecule has 6 heteroatoms. The molecule has 0 aromatic heterocycles. The maximum absolute atomic E-state index is 12.3. The Bertz CT molecular complexity index is 627. The van der Waals surface area contributed by atoms with E-state index in [4.69, 9.17) is 11.2 Å². The monoisotopic (exact) mass is 547 g/mol. The first kappa shape index (κ1) is 20.1. The molecule has 1 atom stereocenters. The van der Waals surface area contributed by atoms with Gasteiger partial charge >= 0.3 is 0 Å². The summed E-state index contributed by atoms with van der Waals surface area (Å²) in [5, 5.41) is 0. The first-order valence-electron chi connectivity index (χ1n) is 6.51. The van der Waals surface area contributed by atoms with Gasteiger partial charge in [-0.2, -0.15) is 0 Å². The van der Waals surface area contributed by atoms with Crippen LogP contribution in [0.1, 0.15) is 18.9 Å². The van der Waals surface area contributed by atoms with Crippen molar-refractivity contribution >= 4 is 50.1 Å². The van der Waals surface area contributed by atoms with Gasteiger partial charge in [0, 0.05) is 39.3 Å². The number of halogens is 2. The fourth-order valence-electron chi connectivity index (χ4n) is 2.11. The summed E-state index contributed by atoms with van der Waals surface area (Å²) in [6, 6.07) is 5.62. The van der Waals surface area contributed by atoms with E-state index in [9.17, 15) is 4.79 Å². The quantitative estimate of drug-likeness (QED) is 0.249. The van der Waals surface area contributed by atoms with Crippen LogP contribution in [0, 0.1) is 18.4 Å². The molecule has 2 rings (SSSR count). The van der Waals surface area contributed by atoms with Crippen LogP contribution in [0.15, 0.2) is 22.7 Å². The summed E-state index contributed by atoms with van der Waals surface area (Å²) in [4.78, 5) is 14.0. The van der Waals surface area contributed by atoms with Gasteiger partial charge in [0.05, 0.1) is 3.92 Å². The Kier molecular flexibility index (Phi) is 8.62. The van der Waals surface area contributed by atoms with E-state index in [-0.39, 0.29) is 49.1 Å². The number of ether oxygens (including phenoxy) is 1. The molecule has 0 bridgehead atoms. The molecule has 0 saturated carbocycles. The molecule has 0 aliphatic carbocycles.